The summed E-state index contributed by atoms with van der Waals surface area (Å²) < 4.78 is 2.55. The smallest absolute Gasteiger partial charge is 0.612 e. The topological polar surface area (TPSA) is 17.3 Å². The number of rotatable bonds is 4. The van der Waals surface area contributed by atoms with E-state index in [-0.39, 0.29) is 17.1 Å². The fourth-order valence-corrected chi connectivity index (χ4v) is 14.5. The second-order valence-electron chi connectivity index (χ2n) is 6.92. The molecule has 0 radical (unpaired) electrons. The van der Waals surface area contributed by atoms with Crippen molar-refractivity contribution in [2.75, 3.05) is 0 Å². The van der Waals surface area contributed by atoms with E-state index in [4.69, 9.17) is 5.09 Å². The van der Waals surface area contributed by atoms with Crippen molar-refractivity contribution in [2.24, 2.45) is 0 Å². The predicted molar refractivity (Wildman–Crippen MR) is 75.2 cm³/mol. The van der Waals surface area contributed by atoms with Gasteiger partial charge in [0.05, 0.1) is 16.5 Å². The van der Waals surface area contributed by atoms with Crippen LogP contribution in [-0.4, -0.2) is 29.0 Å². The maximum atomic E-state index is 5.05. The Morgan fingerprint density at radius 2 is 0.933 bits per heavy atom. The van der Waals surface area contributed by atoms with E-state index >= 15 is 0 Å². The van der Waals surface area contributed by atoms with Crippen LogP contribution < -0.4 is 0 Å². The maximum absolute atomic E-state index is 5.05. The van der Waals surface area contributed by atoms with Gasteiger partial charge in [0.15, 0.2) is 0 Å². The van der Waals surface area contributed by atoms with Crippen molar-refractivity contribution >= 4 is 24.7 Å². The van der Waals surface area contributed by atoms with Crippen LogP contribution in [0.2, 0.25) is 58.9 Å². The Labute approximate surface area is 110 Å². The van der Waals surface area contributed by atoms with Crippen molar-refractivity contribution in [3.63, 3.8) is 0 Å². The summed E-state index contributed by atoms with van der Waals surface area (Å²) in [4.78, 5) is 0. The third-order valence-electron chi connectivity index (χ3n) is 1.67. The molecule has 0 aromatic carbocycles. The molecule has 0 aliphatic heterocycles. The molecule has 0 unspecified atom stereocenters. The molecule has 0 aromatic rings. The summed E-state index contributed by atoms with van der Waals surface area (Å²) >= 11 is 0. The van der Waals surface area contributed by atoms with E-state index in [1.807, 2.05) is 0 Å². The molecule has 0 N–H and O–H groups in total. The molecule has 0 saturated carbocycles. The van der Waals surface area contributed by atoms with Gasteiger partial charge < -0.3 is 9.43 Å². The number of nitrogens with zero attached hydrogens (tertiary/aromatic N) is 2. The van der Waals surface area contributed by atoms with Crippen molar-refractivity contribution < 1.29 is 17.1 Å². The summed E-state index contributed by atoms with van der Waals surface area (Å²) in [5.41, 5.74) is 0. The van der Waals surface area contributed by atoms with E-state index in [9.17, 15) is 0 Å². The number of hydrogen-bond acceptors (Lipinski definition) is 1. The van der Waals surface area contributed by atoms with Gasteiger partial charge in [0, 0.05) is 0 Å². The molecular formula is C9H27CuN2Si3. The normalized spacial score (nSPS) is 14.0. The van der Waals surface area contributed by atoms with Crippen LogP contribution >= 0.6 is 0 Å². The second kappa shape index (κ2) is 5.62. The Kier molecular flexibility index (Phi) is 6.91. The fraction of sp³-hybridized carbons (Fsp3) is 1.00. The first kappa shape index (κ1) is 18.5. The van der Waals surface area contributed by atoms with E-state index in [0.29, 0.717) is 0 Å². The Morgan fingerprint density at radius 1 is 0.667 bits per heavy atom. The van der Waals surface area contributed by atoms with Crippen LogP contribution in [0.3, 0.4) is 0 Å². The van der Waals surface area contributed by atoms with Crippen molar-refractivity contribution in [2.45, 2.75) is 58.9 Å². The van der Waals surface area contributed by atoms with Gasteiger partial charge in [-0.05, 0) is 0 Å². The third-order valence-corrected chi connectivity index (χ3v) is 9.64. The molecule has 6 heteroatoms. The van der Waals surface area contributed by atoms with Gasteiger partial charge in [0.2, 0.25) is 0 Å². The Morgan fingerprint density at radius 3 is 1.00 bits per heavy atom. The SMILES string of the molecule is C[Si](C)(C)[N-]N([Si](C)(C)C)[Si](C)(C)C.[Cu+]. The van der Waals surface area contributed by atoms with Crippen LogP contribution in [0.1, 0.15) is 0 Å². The van der Waals surface area contributed by atoms with E-state index in [2.05, 4.69) is 63.3 Å². The standard InChI is InChI=1S/C9H27N2Si3.Cu/c1-12(2,3)10-11(13(4,5)6)14(7,8)9;/h1-9H3;/q-1;+1. The molecule has 0 spiro atoms. The fourth-order valence-electron chi connectivity index (χ4n) is 1.61. The summed E-state index contributed by atoms with van der Waals surface area (Å²) in [6.45, 7) is 21.3. The van der Waals surface area contributed by atoms with Gasteiger partial charge in [0.1, 0.15) is 0 Å². The average molecular weight is 311 g/mol. The molecule has 0 fully saturated rings. The Balaban J connectivity index is 0. The zero-order valence-electron chi connectivity index (χ0n) is 11.7. The minimum Gasteiger partial charge on any atom is -0.612 e. The largest absolute Gasteiger partial charge is 1.00 e. The quantitative estimate of drug-likeness (QED) is 0.565. The molecule has 0 rings (SSSR count). The molecule has 0 amide bonds. The Hall–Kier alpha value is 1.09. The molecule has 0 atom stereocenters. The van der Waals surface area contributed by atoms with Crippen LogP contribution in [0.5, 0.6) is 0 Å². The zero-order valence-corrected chi connectivity index (χ0v) is 15.6. The molecule has 15 heavy (non-hydrogen) atoms. The van der Waals surface area contributed by atoms with E-state index < -0.39 is 24.7 Å². The molecule has 96 valence electrons. The van der Waals surface area contributed by atoms with Crippen molar-refractivity contribution in [3.8, 4) is 0 Å². The van der Waals surface area contributed by atoms with Crippen LogP contribution in [0, 0.1) is 0 Å². The van der Waals surface area contributed by atoms with Crippen molar-refractivity contribution in [1.82, 2.24) is 4.34 Å². The molecule has 0 heterocycles. The van der Waals surface area contributed by atoms with Gasteiger partial charge in [-0.1, -0.05) is 67.2 Å². The van der Waals surface area contributed by atoms with Gasteiger partial charge in [-0.3, -0.25) is 0 Å². The van der Waals surface area contributed by atoms with Crippen LogP contribution in [0.25, 0.3) is 5.09 Å². The molecule has 0 aliphatic rings. The van der Waals surface area contributed by atoms with E-state index in [1.165, 1.54) is 0 Å². The minimum atomic E-state index is -1.32. The first-order valence-electron chi connectivity index (χ1n) is 5.37. The average Bonchev–Trinajstić information content (AvgIpc) is 1.75. The molecule has 0 aromatic heterocycles. The van der Waals surface area contributed by atoms with Gasteiger partial charge in [-0.15, -0.1) is 0 Å². The molecular weight excluding hydrogens is 284 g/mol. The predicted octanol–water partition coefficient (Wildman–Crippen LogP) is 4.08. The van der Waals surface area contributed by atoms with E-state index in [1.54, 1.807) is 0 Å². The van der Waals surface area contributed by atoms with Crippen molar-refractivity contribution in [3.05, 3.63) is 5.09 Å². The van der Waals surface area contributed by atoms with Gasteiger partial charge in [0.25, 0.3) is 0 Å². The Bertz CT molecular complexity index is 177. The maximum Gasteiger partial charge on any atom is 1.00 e. The van der Waals surface area contributed by atoms with Gasteiger partial charge >= 0.3 is 17.1 Å². The van der Waals surface area contributed by atoms with Crippen LogP contribution in [0.15, 0.2) is 0 Å². The number of hydrogen-bond donors (Lipinski definition) is 0. The third kappa shape index (κ3) is 7.90. The van der Waals surface area contributed by atoms with E-state index in [0.717, 1.165) is 0 Å². The minimum absolute atomic E-state index is 0. The van der Waals surface area contributed by atoms with Crippen LogP contribution in [-0.2, 0) is 17.1 Å². The summed E-state index contributed by atoms with van der Waals surface area (Å²) in [6.07, 6.45) is 0. The summed E-state index contributed by atoms with van der Waals surface area (Å²) in [6, 6.07) is 0. The second-order valence-corrected chi connectivity index (χ2v) is 21.4. The molecule has 2 nitrogen and oxygen atoms in total. The van der Waals surface area contributed by atoms with Gasteiger partial charge in [-0.25, -0.2) is 0 Å². The molecule has 0 aliphatic carbocycles. The zero-order chi connectivity index (χ0) is 11.8. The van der Waals surface area contributed by atoms with Crippen molar-refractivity contribution in [1.29, 1.82) is 0 Å². The summed E-state index contributed by atoms with van der Waals surface area (Å²) in [5.74, 6) is 0. The molecule has 0 saturated heterocycles. The first-order chi connectivity index (χ1) is 5.84. The monoisotopic (exact) mass is 310 g/mol. The van der Waals surface area contributed by atoms with Crippen LogP contribution in [0.4, 0.5) is 0 Å². The molecule has 0 bridgehead atoms. The summed E-state index contributed by atoms with van der Waals surface area (Å²) in [5, 5.41) is 5.05. The van der Waals surface area contributed by atoms with Gasteiger partial charge in [-0.2, -0.15) is 0 Å². The first-order valence-corrected chi connectivity index (χ1v) is 15.7. The summed E-state index contributed by atoms with van der Waals surface area (Å²) in [7, 11) is -3.86.